The highest BCUT2D eigenvalue weighted by molar-refractivity contribution is 7.19. The summed E-state index contributed by atoms with van der Waals surface area (Å²) in [5, 5.41) is 16.3. The van der Waals surface area contributed by atoms with Crippen molar-refractivity contribution >= 4 is 44.4 Å². The fourth-order valence-electron chi connectivity index (χ4n) is 5.81. The molecule has 3 amide bonds. The Morgan fingerprint density at radius 1 is 0.841 bits per heavy atom. The molecule has 6 rings (SSSR count). The van der Waals surface area contributed by atoms with Gasteiger partial charge in [-0.2, -0.15) is 5.26 Å². The first-order chi connectivity index (χ1) is 29.7. The van der Waals surface area contributed by atoms with E-state index in [1.165, 1.54) is 38.4 Å². The first-order valence-electron chi connectivity index (χ1n) is 20.6. The van der Waals surface area contributed by atoms with Gasteiger partial charge in [-0.15, -0.1) is 9.24 Å². The molecular weight excluding hydrogens is 818 g/mol. The fraction of sp³-hybridized carbons (Fsp3) is 0.426. The standard InChI is InChI=1S/C35H37N8O3P.C4H7NO3.C4H10.C3H8.CH4/c1-42(22-35(47)11-12-35)20-31-37-17-29(40-31)24-5-3-23(4-6-24)25-7-8-27-16-28(10-9-26(27)15-25)30-18-38-32(41-30)21-43(14-13-36)33(44)19-39-34(45)46-2;1-8-4(7)5-2-3-6;1-4(2)3;1-3-2;/h3-10,15-18H,11-12,14,19-22,47H2,1-2H3,(H,37,40)(H,38,41)(H,39,45);3H,2H2,1H3,(H,5,7);4H,1-3H3;3H2,1-2H3;1H4. The number of nitrogens with zero attached hydrogens (tertiary/aromatic N) is 5. The minimum absolute atomic E-state index is 0. The number of nitrogens with one attached hydrogen (secondary N) is 4. The van der Waals surface area contributed by atoms with Crippen molar-refractivity contribution in [3.8, 4) is 39.7 Å². The van der Waals surface area contributed by atoms with Crippen LogP contribution in [0.2, 0.25) is 0 Å². The van der Waals surface area contributed by atoms with Crippen molar-refractivity contribution in [2.75, 3.05) is 47.4 Å². The largest absolute Gasteiger partial charge is 0.453 e. The minimum atomic E-state index is -0.715. The molecule has 1 atom stereocenters. The van der Waals surface area contributed by atoms with Gasteiger partial charge in [0.1, 0.15) is 31.0 Å². The number of aromatic nitrogens is 4. The third-order valence-electron chi connectivity index (χ3n) is 8.87. The Kier molecular flexibility index (Phi) is 22.8. The molecule has 5 aromatic rings. The summed E-state index contributed by atoms with van der Waals surface area (Å²) in [5.74, 6) is 1.92. The van der Waals surface area contributed by atoms with E-state index in [1.54, 1.807) is 6.20 Å². The molecule has 1 aliphatic rings. The number of benzene rings is 3. The van der Waals surface area contributed by atoms with E-state index >= 15 is 0 Å². The van der Waals surface area contributed by atoms with Gasteiger partial charge in [0.2, 0.25) is 5.91 Å². The molecule has 0 spiro atoms. The Morgan fingerprint density at radius 2 is 1.32 bits per heavy atom. The highest BCUT2D eigenvalue weighted by Crippen LogP contribution is 2.45. The number of imidazole rings is 2. The van der Waals surface area contributed by atoms with E-state index in [0.717, 1.165) is 69.2 Å². The number of hydrogen-bond acceptors (Lipinski definition) is 10. The van der Waals surface area contributed by atoms with Crippen LogP contribution >= 0.6 is 9.24 Å². The monoisotopic (exact) mass is 883 g/mol. The zero-order valence-electron chi connectivity index (χ0n) is 37.2. The lowest BCUT2D eigenvalue weighted by Gasteiger charge is -2.19. The molecule has 0 bridgehead atoms. The molecule has 340 valence electrons. The van der Waals surface area contributed by atoms with Crippen LogP contribution in [0, 0.1) is 17.2 Å². The van der Waals surface area contributed by atoms with Gasteiger partial charge < -0.3 is 39.8 Å². The Hall–Kier alpha value is -6.10. The van der Waals surface area contributed by atoms with Gasteiger partial charge in [0.15, 0.2) is 0 Å². The number of hydrogen-bond donors (Lipinski definition) is 4. The van der Waals surface area contributed by atoms with E-state index in [-0.39, 0.29) is 33.6 Å². The number of fused-ring (bicyclic) bond motifs is 1. The zero-order valence-corrected chi connectivity index (χ0v) is 38.4. The summed E-state index contributed by atoms with van der Waals surface area (Å²) in [6.07, 6.45) is 6.71. The summed E-state index contributed by atoms with van der Waals surface area (Å²) < 4.78 is 8.64. The van der Waals surface area contributed by atoms with Crippen LogP contribution in [0.3, 0.4) is 0 Å². The number of ether oxygens (including phenoxy) is 2. The van der Waals surface area contributed by atoms with E-state index in [4.69, 9.17) is 0 Å². The van der Waals surface area contributed by atoms with Gasteiger partial charge in [-0.05, 0) is 70.6 Å². The number of alkyl carbamates (subject to hydrolysis) is 2. The van der Waals surface area contributed by atoms with Crippen molar-refractivity contribution in [2.24, 2.45) is 5.92 Å². The second kappa shape index (κ2) is 27.1. The van der Waals surface area contributed by atoms with Crippen molar-refractivity contribution in [3.63, 3.8) is 0 Å². The maximum atomic E-state index is 12.5. The van der Waals surface area contributed by atoms with Gasteiger partial charge in [-0.1, -0.05) is 97.0 Å². The Labute approximate surface area is 374 Å². The van der Waals surface area contributed by atoms with Crippen molar-refractivity contribution in [1.82, 2.24) is 40.4 Å². The van der Waals surface area contributed by atoms with Crippen molar-refractivity contribution in [1.29, 1.82) is 5.26 Å². The smallest absolute Gasteiger partial charge is 0.407 e. The Balaban J connectivity index is 0.000000738. The van der Waals surface area contributed by atoms with Crippen LogP contribution < -0.4 is 10.6 Å². The molecule has 0 radical (unpaired) electrons. The van der Waals surface area contributed by atoms with Gasteiger partial charge in [0.25, 0.3) is 0 Å². The van der Waals surface area contributed by atoms with E-state index < -0.39 is 18.1 Å². The van der Waals surface area contributed by atoms with Gasteiger partial charge in [-0.25, -0.2) is 19.6 Å². The van der Waals surface area contributed by atoms with Crippen LogP contribution in [-0.2, 0) is 32.2 Å². The summed E-state index contributed by atoms with van der Waals surface area (Å²) >= 11 is 0. The van der Waals surface area contributed by atoms with Crippen molar-refractivity contribution in [3.05, 3.63) is 84.7 Å². The molecule has 1 fully saturated rings. The Morgan fingerprint density at radius 3 is 1.84 bits per heavy atom. The molecule has 0 saturated heterocycles. The van der Waals surface area contributed by atoms with E-state index in [2.05, 4.69) is 150 Å². The lowest BCUT2D eigenvalue weighted by molar-refractivity contribution is -0.130. The van der Waals surface area contributed by atoms with Gasteiger partial charge >= 0.3 is 12.2 Å². The molecule has 3 aromatic carbocycles. The van der Waals surface area contributed by atoms with E-state index in [9.17, 15) is 24.4 Å². The second-order valence-electron chi connectivity index (χ2n) is 15.6. The number of rotatable bonds is 14. The first kappa shape index (κ1) is 53.0. The SMILES string of the molecule is C.CC(C)C.CCC.COC(=O)NCC(=O)N(CC#N)Cc1ncc(-c2ccc3cc(-c4ccc(-c5cnc(CN(C)CC6(P)CC6)[nH]5)cc4)ccc3c2)[nH]1.COC(=O)NCC=O. The second-order valence-corrected chi connectivity index (χ2v) is 16.8. The molecule has 63 heavy (non-hydrogen) atoms. The molecule has 1 aliphatic carbocycles. The zero-order chi connectivity index (χ0) is 45.7. The van der Waals surface area contributed by atoms with Crippen LogP contribution in [0.15, 0.2) is 73.1 Å². The van der Waals surface area contributed by atoms with Gasteiger partial charge in [0, 0.05) is 12.1 Å². The molecule has 1 unspecified atom stereocenters. The number of aldehydes is 1. The lowest BCUT2D eigenvalue weighted by atomic mass is 9.98. The average molecular weight is 884 g/mol. The van der Waals surface area contributed by atoms with E-state index in [0.29, 0.717) is 17.3 Å². The molecule has 4 N–H and O–H groups in total. The number of H-pyrrole nitrogens is 2. The predicted octanol–water partition coefficient (Wildman–Crippen LogP) is 8.59. The van der Waals surface area contributed by atoms with Crippen LogP contribution in [0.25, 0.3) is 44.4 Å². The van der Waals surface area contributed by atoms with Crippen molar-refractivity contribution in [2.45, 2.75) is 79.6 Å². The summed E-state index contributed by atoms with van der Waals surface area (Å²) in [6, 6.07) is 23.1. The highest BCUT2D eigenvalue weighted by atomic mass is 31.0. The number of methoxy groups -OCH3 is 2. The topological polar surface area (TPSA) is 198 Å². The maximum absolute atomic E-state index is 12.5. The number of carbonyl (C=O) groups excluding carboxylic acids is 4. The third kappa shape index (κ3) is 18.4. The van der Waals surface area contributed by atoms with E-state index in [1.807, 2.05) is 18.3 Å². The van der Waals surface area contributed by atoms with Crippen molar-refractivity contribution < 1.29 is 28.7 Å². The number of amides is 3. The molecule has 2 heterocycles. The summed E-state index contributed by atoms with van der Waals surface area (Å²) in [5.41, 5.74) is 6.11. The predicted molar refractivity (Wildman–Crippen MR) is 254 cm³/mol. The maximum Gasteiger partial charge on any atom is 0.407 e. The summed E-state index contributed by atoms with van der Waals surface area (Å²) in [6.45, 7) is 12.3. The summed E-state index contributed by atoms with van der Waals surface area (Å²) in [7, 11) is 7.60. The van der Waals surface area contributed by atoms with Gasteiger partial charge in [0.05, 0.1) is 63.7 Å². The van der Waals surface area contributed by atoms with Crippen LogP contribution in [0.5, 0.6) is 0 Å². The lowest BCUT2D eigenvalue weighted by Crippen LogP contribution is -2.40. The molecule has 1 saturated carbocycles. The molecule has 2 aromatic heterocycles. The van der Waals surface area contributed by atoms with Gasteiger partial charge in [-0.3, -0.25) is 9.69 Å². The first-order valence-corrected chi connectivity index (χ1v) is 21.2. The third-order valence-corrected chi connectivity index (χ3v) is 9.63. The molecular formula is C47H66N9O6P. The molecule has 0 aliphatic heterocycles. The quantitative estimate of drug-likeness (QED) is 0.0476. The number of nitriles is 1. The minimum Gasteiger partial charge on any atom is -0.453 e. The number of aromatic amines is 2. The Bertz CT molecular complexity index is 2230. The summed E-state index contributed by atoms with van der Waals surface area (Å²) in [4.78, 5) is 62.9. The molecule has 16 heteroatoms. The van der Waals surface area contributed by atoms with Crippen LogP contribution in [-0.4, -0.2) is 107 Å². The average Bonchev–Trinajstić information content (AvgIpc) is 3.56. The van der Waals surface area contributed by atoms with Crippen LogP contribution in [0.4, 0.5) is 9.59 Å². The molecule has 15 nitrogen and oxygen atoms in total. The van der Waals surface area contributed by atoms with Crippen LogP contribution in [0.1, 0.15) is 73.0 Å². The normalized spacial score (nSPS) is 11.8. The number of carbonyl (C=O) groups is 4. The fourth-order valence-corrected chi connectivity index (χ4v) is 6.27. The highest BCUT2D eigenvalue weighted by Gasteiger charge is 2.38.